The van der Waals surface area contributed by atoms with Gasteiger partial charge in [0.25, 0.3) is 5.91 Å². The van der Waals surface area contributed by atoms with E-state index >= 15 is 0 Å². The summed E-state index contributed by atoms with van der Waals surface area (Å²) >= 11 is 1.15. The topological polar surface area (TPSA) is 135 Å². The van der Waals surface area contributed by atoms with Crippen molar-refractivity contribution < 1.29 is 28.3 Å². The summed E-state index contributed by atoms with van der Waals surface area (Å²) in [4.78, 5) is 49.3. The standard InChI is InChI=1S/C29H29N5O6S/c1-38-23-10-9-18(14-24(23)39-2)11-12-30-26(36)17-41-29-33-21-8-4-3-7-20(21)27-32-22(28(37)34(27)29)15-25(35)31-16-19-6-5-13-40-19/h3-10,13-14,22H,11-12,15-17H2,1-2H3,(H,30,36)(H,31,35)/t22-/m0/s1. The molecule has 1 atom stereocenters. The molecule has 3 aromatic rings. The number of aliphatic imine (C=N–C) groups is 2. The Morgan fingerprint density at radius 1 is 1.02 bits per heavy atom. The lowest BCUT2D eigenvalue weighted by Gasteiger charge is -2.25. The predicted octanol–water partition coefficient (Wildman–Crippen LogP) is 3.05. The molecule has 3 amide bonds. The highest BCUT2D eigenvalue weighted by molar-refractivity contribution is 8.14. The summed E-state index contributed by atoms with van der Waals surface area (Å²) < 4.78 is 15.8. The maximum absolute atomic E-state index is 13.4. The van der Waals surface area contributed by atoms with Gasteiger partial charge in [-0.05, 0) is 48.4 Å². The van der Waals surface area contributed by atoms with E-state index in [9.17, 15) is 14.4 Å². The molecule has 2 aliphatic heterocycles. The Hall–Kier alpha value is -4.58. The van der Waals surface area contributed by atoms with E-state index in [0.29, 0.717) is 52.5 Å². The largest absolute Gasteiger partial charge is 0.493 e. The molecule has 0 saturated carbocycles. The zero-order valence-electron chi connectivity index (χ0n) is 22.6. The van der Waals surface area contributed by atoms with E-state index in [2.05, 4.69) is 20.6 Å². The van der Waals surface area contributed by atoms with Crippen LogP contribution in [-0.2, 0) is 27.3 Å². The second kappa shape index (κ2) is 12.7. The fraction of sp³-hybridized carbons (Fsp3) is 0.276. The van der Waals surface area contributed by atoms with Crippen LogP contribution < -0.4 is 20.1 Å². The monoisotopic (exact) mass is 575 g/mol. The Morgan fingerprint density at radius 2 is 1.85 bits per heavy atom. The van der Waals surface area contributed by atoms with Gasteiger partial charge in [-0.25, -0.2) is 9.89 Å². The number of thioether (sulfide) groups is 1. The van der Waals surface area contributed by atoms with Gasteiger partial charge < -0.3 is 24.5 Å². The van der Waals surface area contributed by atoms with Gasteiger partial charge in [-0.2, -0.15) is 0 Å². The molecule has 11 nitrogen and oxygen atoms in total. The molecule has 2 aliphatic rings. The van der Waals surface area contributed by atoms with Gasteiger partial charge in [0.1, 0.15) is 17.6 Å². The molecule has 12 heteroatoms. The van der Waals surface area contributed by atoms with Crippen molar-refractivity contribution in [1.82, 2.24) is 15.5 Å². The number of para-hydroxylation sites is 1. The lowest BCUT2D eigenvalue weighted by atomic mass is 10.1. The van der Waals surface area contributed by atoms with Crippen molar-refractivity contribution in [3.05, 3.63) is 77.7 Å². The van der Waals surface area contributed by atoms with Crippen LogP contribution >= 0.6 is 11.8 Å². The number of carbonyl (C=O) groups excluding carboxylic acids is 3. The van der Waals surface area contributed by atoms with Crippen LogP contribution in [0.25, 0.3) is 0 Å². The number of fused-ring (bicyclic) bond motifs is 3. The highest BCUT2D eigenvalue weighted by Gasteiger charge is 2.42. The molecular weight excluding hydrogens is 546 g/mol. The minimum atomic E-state index is -0.895. The van der Waals surface area contributed by atoms with Gasteiger partial charge in [-0.1, -0.05) is 30.0 Å². The molecule has 0 fully saturated rings. The number of furan rings is 1. The minimum Gasteiger partial charge on any atom is -0.493 e. The maximum Gasteiger partial charge on any atom is 0.259 e. The van der Waals surface area contributed by atoms with Crippen LogP contribution in [0.3, 0.4) is 0 Å². The molecule has 0 spiro atoms. The van der Waals surface area contributed by atoms with E-state index in [1.807, 2.05) is 42.5 Å². The van der Waals surface area contributed by atoms with Crippen molar-refractivity contribution in [3.8, 4) is 11.5 Å². The van der Waals surface area contributed by atoms with Crippen molar-refractivity contribution in [2.45, 2.75) is 25.4 Å². The van der Waals surface area contributed by atoms with Crippen molar-refractivity contribution in [2.24, 2.45) is 9.98 Å². The Morgan fingerprint density at radius 3 is 2.63 bits per heavy atom. The molecule has 41 heavy (non-hydrogen) atoms. The maximum atomic E-state index is 13.4. The lowest BCUT2D eigenvalue weighted by Crippen LogP contribution is -2.42. The Kier molecular flexibility index (Phi) is 8.68. The summed E-state index contributed by atoms with van der Waals surface area (Å²) in [6.07, 6.45) is 2.02. The van der Waals surface area contributed by atoms with Gasteiger partial charge in [-0.3, -0.25) is 19.4 Å². The molecule has 0 unspecified atom stereocenters. The zero-order valence-corrected chi connectivity index (χ0v) is 23.4. The van der Waals surface area contributed by atoms with Gasteiger partial charge >= 0.3 is 0 Å². The van der Waals surface area contributed by atoms with E-state index in [1.54, 1.807) is 26.4 Å². The minimum absolute atomic E-state index is 0.0539. The van der Waals surface area contributed by atoms with Crippen LogP contribution in [0.4, 0.5) is 5.69 Å². The quantitative estimate of drug-likeness (QED) is 0.359. The molecule has 212 valence electrons. The highest BCUT2D eigenvalue weighted by Crippen LogP contribution is 2.34. The van der Waals surface area contributed by atoms with Crippen molar-refractivity contribution >= 4 is 46.2 Å². The highest BCUT2D eigenvalue weighted by atomic mass is 32.2. The van der Waals surface area contributed by atoms with Crippen LogP contribution in [0.2, 0.25) is 0 Å². The lowest BCUT2D eigenvalue weighted by molar-refractivity contribution is -0.128. The summed E-state index contributed by atoms with van der Waals surface area (Å²) in [5.41, 5.74) is 2.34. The van der Waals surface area contributed by atoms with Crippen LogP contribution in [0.5, 0.6) is 11.5 Å². The number of hydrogen-bond acceptors (Lipinski definition) is 9. The van der Waals surface area contributed by atoms with Crippen molar-refractivity contribution in [1.29, 1.82) is 0 Å². The number of nitrogens with one attached hydrogen (secondary N) is 2. The summed E-state index contributed by atoms with van der Waals surface area (Å²) in [6.45, 7) is 0.647. The molecule has 1 aromatic heterocycles. The predicted molar refractivity (Wildman–Crippen MR) is 155 cm³/mol. The first-order valence-corrected chi connectivity index (χ1v) is 13.9. The van der Waals surface area contributed by atoms with E-state index in [0.717, 1.165) is 17.3 Å². The van der Waals surface area contributed by atoms with Gasteiger partial charge in [0, 0.05) is 12.1 Å². The first kappa shape index (κ1) is 28.0. The number of ether oxygens (including phenoxy) is 2. The smallest absolute Gasteiger partial charge is 0.259 e. The number of benzene rings is 2. The zero-order chi connectivity index (χ0) is 28.8. The van der Waals surface area contributed by atoms with Crippen LogP contribution in [0.15, 0.2) is 75.3 Å². The number of hydrogen-bond donors (Lipinski definition) is 2. The second-order valence-corrected chi connectivity index (χ2v) is 10.1. The first-order chi connectivity index (χ1) is 20.0. The summed E-state index contributed by atoms with van der Waals surface area (Å²) in [5, 5.41) is 6.01. The molecule has 0 aliphatic carbocycles. The third-order valence-electron chi connectivity index (χ3n) is 6.48. The molecule has 0 bridgehead atoms. The van der Waals surface area contributed by atoms with Gasteiger partial charge in [0.15, 0.2) is 16.7 Å². The third-order valence-corrected chi connectivity index (χ3v) is 7.42. The third kappa shape index (κ3) is 6.43. The number of nitrogens with zero attached hydrogens (tertiary/aromatic N) is 3. The normalized spacial score (nSPS) is 15.4. The Balaban J connectivity index is 1.19. The van der Waals surface area contributed by atoms with Gasteiger partial charge in [-0.15, -0.1) is 0 Å². The number of carbonyl (C=O) groups is 3. The molecular formula is C29H29N5O6S. The Bertz CT molecular complexity index is 1500. The number of amidine groups is 2. The second-order valence-electron chi connectivity index (χ2n) is 9.19. The van der Waals surface area contributed by atoms with Crippen molar-refractivity contribution in [3.63, 3.8) is 0 Å². The van der Waals surface area contributed by atoms with E-state index in [-0.39, 0.29) is 36.4 Å². The van der Waals surface area contributed by atoms with Crippen LogP contribution in [-0.4, -0.2) is 66.2 Å². The van der Waals surface area contributed by atoms with E-state index in [1.165, 1.54) is 11.2 Å². The number of rotatable bonds is 11. The summed E-state index contributed by atoms with van der Waals surface area (Å²) in [5.74, 6) is 1.49. The molecule has 3 heterocycles. The van der Waals surface area contributed by atoms with Crippen LogP contribution in [0, 0.1) is 0 Å². The van der Waals surface area contributed by atoms with Crippen LogP contribution in [0.1, 0.15) is 23.3 Å². The summed E-state index contributed by atoms with van der Waals surface area (Å²) in [7, 11) is 3.16. The molecule has 2 N–H and O–H groups in total. The average Bonchev–Trinajstić information content (AvgIpc) is 3.63. The SMILES string of the molecule is COc1ccc(CCNC(=O)CSC2=Nc3ccccc3C3=N[C@@H](CC(=O)NCc4ccco4)C(=O)N23)cc1OC. The van der Waals surface area contributed by atoms with Gasteiger partial charge in [0.2, 0.25) is 11.8 Å². The summed E-state index contributed by atoms with van der Waals surface area (Å²) in [6, 6.07) is 15.6. The molecule has 2 aromatic carbocycles. The van der Waals surface area contributed by atoms with Crippen molar-refractivity contribution in [2.75, 3.05) is 26.5 Å². The number of amides is 3. The number of methoxy groups -OCH3 is 2. The molecule has 5 rings (SSSR count). The first-order valence-electron chi connectivity index (χ1n) is 13.0. The Labute approximate surface area is 241 Å². The fourth-order valence-corrected chi connectivity index (χ4v) is 5.27. The molecule has 0 radical (unpaired) electrons. The van der Waals surface area contributed by atoms with Gasteiger partial charge in [0.05, 0.1) is 44.9 Å². The average molecular weight is 576 g/mol. The van der Waals surface area contributed by atoms with E-state index in [4.69, 9.17) is 13.9 Å². The molecule has 0 saturated heterocycles. The van der Waals surface area contributed by atoms with E-state index < -0.39 is 6.04 Å². The fourth-order valence-electron chi connectivity index (χ4n) is 4.44.